The highest BCUT2D eigenvalue weighted by Crippen LogP contribution is 2.14. The van der Waals surface area contributed by atoms with Crippen molar-refractivity contribution in [1.82, 2.24) is 5.32 Å². The third-order valence-electron chi connectivity index (χ3n) is 2.52. The Hall–Kier alpha value is -0.930. The summed E-state index contributed by atoms with van der Waals surface area (Å²) >= 11 is 0. The topological polar surface area (TPSA) is 21.3 Å². The molecule has 1 atom stereocenters. The molecule has 0 aromatic heterocycles. The highest BCUT2D eigenvalue weighted by atomic mass is 19.1. The Bertz CT molecular complexity index is 317. The summed E-state index contributed by atoms with van der Waals surface area (Å²) in [6.07, 6.45) is 2.06. The van der Waals surface area contributed by atoms with Crippen LogP contribution in [0.15, 0.2) is 24.3 Å². The lowest BCUT2D eigenvalue weighted by Gasteiger charge is -2.19. The summed E-state index contributed by atoms with van der Waals surface area (Å²) in [7, 11) is 0. The molecule has 0 aliphatic rings. The van der Waals surface area contributed by atoms with E-state index in [1.807, 2.05) is 6.07 Å². The van der Waals surface area contributed by atoms with E-state index in [0.717, 1.165) is 31.6 Å². The second-order valence-electron chi connectivity index (χ2n) is 4.14. The Morgan fingerprint density at radius 2 is 2.12 bits per heavy atom. The molecular weight excluding hydrogens is 217 g/mol. The second-order valence-corrected chi connectivity index (χ2v) is 4.14. The standard InChI is InChI=1S/C14H22FNO/c1-3-8-16-14(11-17-9-4-2)12-6-5-7-13(15)10-12/h5-7,10,14,16H,3-4,8-9,11H2,1-2H3. The highest BCUT2D eigenvalue weighted by molar-refractivity contribution is 5.20. The number of ether oxygens (including phenoxy) is 1. The van der Waals surface area contributed by atoms with Crippen molar-refractivity contribution in [3.8, 4) is 0 Å². The van der Waals surface area contributed by atoms with Crippen molar-refractivity contribution >= 4 is 0 Å². The van der Waals surface area contributed by atoms with E-state index < -0.39 is 0 Å². The van der Waals surface area contributed by atoms with E-state index in [-0.39, 0.29) is 11.9 Å². The normalized spacial score (nSPS) is 12.6. The van der Waals surface area contributed by atoms with Gasteiger partial charge in [-0.05, 0) is 37.1 Å². The number of hydrogen-bond donors (Lipinski definition) is 1. The molecule has 1 rings (SSSR count). The molecule has 3 heteroatoms. The maximum Gasteiger partial charge on any atom is 0.123 e. The van der Waals surface area contributed by atoms with Gasteiger partial charge in [-0.15, -0.1) is 0 Å². The van der Waals surface area contributed by atoms with E-state index in [4.69, 9.17) is 4.74 Å². The van der Waals surface area contributed by atoms with Crippen LogP contribution in [-0.4, -0.2) is 19.8 Å². The van der Waals surface area contributed by atoms with E-state index in [1.54, 1.807) is 12.1 Å². The van der Waals surface area contributed by atoms with Gasteiger partial charge < -0.3 is 10.1 Å². The first-order valence-electron chi connectivity index (χ1n) is 6.34. The molecule has 0 saturated heterocycles. The molecule has 1 aromatic carbocycles. The third-order valence-corrected chi connectivity index (χ3v) is 2.52. The van der Waals surface area contributed by atoms with Gasteiger partial charge >= 0.3 is 0 Å². The molecule has 0 spiro atoms. The molecule has 0 aliphatic carbocycles. The van der Waals surface area contributed by atoms with E-state index in [2.05, 4.69) is 19.2 Å². The number of hydrogen-bond acceptors (Lipinski definition) is 2. The van der Waals surface area contributed by atoms with E-state index in [1.165, 1.54) is 6.07 Å². The smallest absolute Gasteiger partial charge is 0.123 e. The van der Waals surface area contributed by atoms with Crippen LogP contribution in [0.4, 0.5) is 4.39 Å². The van der Waals surface area contributed by atoms with Gasteiger partial charge in [-0.2, -0.15) is 0 Å². The van der Waals surface area contributed by atoms with Gasteiger partial charge in [0.25, 0.3) is 0 Å². The summed E-state index contributed by atoms with van der Waals surface area (Å²) in [6.45, 7) is 6.45. The van der Waals surface area contributed by atoms with E-state index in [0.29, 0.717) is 6.61 Å². The Labute approximate surface area is 103 Å². The molecule has 1 N–H and O–H groups in total. The number of halogens is 1. The maximum absolute atomic E-state index is 13.2. The summed E-state index contributed by atoms with van der Waals surface area (Å²) in [5, 5.41) is 3.38. The summed E-state index contributed by atoms with van der Waals surface area (Å²) in [4.78, 5) is 0. The predicted octanol–water partition coefficient (Wildman–Crippen LogP) is 3.29. The third kappa shape index (κ3) is 5.29. The Balaban J connectivity index is 2.60. The van der Waals surface area contributed by atoms with Crippen molar-refractivity contribution in [2.45, 2.75) is 32.7 Å². The largest absolute Gasteiger partial charge is 0.379 e. The summed E-state index contributed by atoms with van der Waals surface area (Å²) in [6, 6.07) is 6.80. The van der Waals surface area contributed by atoms with Gasteiger partial charge in [0.05, 0.1) is 12.6 Å². The number of nitrogens with one attached hydrogen (secondary N) is 1. The van der Waals surface area contributed by atoms with Gasteiger partial charge in [0.15, 0.2) is 0 Å². The molecule has 17 heavy (non-hydrogen) atoms. The van der Waals surface area contributed by atoms with Gasteiger partial charge in [0.1, 0.15) is 5.82 Å². The van der Waals surface area contributed by atoms with Crippen LogP contribution in [0.5, 0.6) is 0 Å². The average Bonchev–Trinajstić information content (AvgIpc) is 2.33. The van der Waals surface area contributed by atoms with Crippen LogP contribution in [0.3, 0.4) is 0 Å². The zero-order chi connectivity index (χ0) is 12.5. The van der Waals surface area contributed by atoms with E-state index >= 15 is 0 Å². The lowest BCUT2D eigenvalue weighted by Crippen LogP contribution is -2.26. The highest BCUT2D eigenvalue weighted by Gasteiger charge is 2.11. The second kappa shape index (κ2) is 8.20. The van der Waals surface area contributed by atoms with Crippen LogP contribution in [0.25, 0.3) is 0 Å². The molecule has 0 saturated carbocycles. The van der Waals surface area contributed by atoms with Crippen LogP contribution in [0, 0.1) is 5.82 Å². The van der Waals surface area contributed by atoms with Gasteiger partial charge in [-0.3, -0.25) is 0 Å². The molecule has 0 aliphatic heterocycles. The lowest BCUT2D eigenvalue weighted by atomic mass is 10.1. The minimum absolute atomic E-state index is 0.0807. The Morgan fingerprint density at radius 1 is 1.29 bits per heavy atom. The van der Waals surface area contributed by atoms with Crippen molar-refractivity contribution in [2.24, 2.45) is 0 Å². The zero-order valence-corrected chi connectivity index (χ0v) is 10.7. The van der Waals surface area contributed by atoms with Crippen LogP contribution in [0.1, 0.15) is 38.3 Å². The Morgan fingerprint density at radius 3 is 2.76 bits per heavy atom. The minimum atomic E-state index is -0.193. The molecule has 2 nitrogen and oxygen atoms in total. The number of benzene rings is 1. The molecule has 0 heterocycles. The molecule has 0 amide bonds. The Kier molecular flexibility index (Phi) is 6.82. The van der Waals surface area contributed by atoms with Gasteiger partial charge in [-0.1, -0.05) is 26.0 Å². The average molecular weight is 239 g/mol. The fourth-order valence-corrected chi connectivity index (χ4v) is 1.66. The van der Waals surface area contributed by atoms with E-state index in [9.17, 15) is 4.39 Å². The minimum Gasteiger partial charge on any atom is -0.379 e. The zero-order valence-electron chi connectivity index (χ0n) is 10.7. The summed E-state index contributed by atoms with van der Waals surface area (Å²) < 4.78 is 18.7. The van der Waals surface area contributed by atoms with Crippen LogP contribution >= 0.6 is 0 Å². The van der Waals surface area contributed by atoms with Crippen LogP contribution in [-0.2, 0) is 4.74 Å². The van der Waals surface area contributed by atoms with Crippen molar-refractivity contribution in [2.75, 3.05) is 19.8 Å². The molecule has 1 unspecified atom stereocenters. The molecule has 0 fully saturated rings. The van der Waals surface area contributed by atoms with Crippen molar-refractivity contribution in [1.29, 1.82) is 0 Å². The fourth-order valence-electron chi connectivity index (χ4n) is 1.66. The quantitative estimate of drug-likeness (QED) is 0.703. The first-order chi connectivity index (χ1) is 8.27. The van der Waals surface area contributed by atoms with Crippen molar-refractivity contribution < 1.29 is 9.13 Å². The molecule has 1 aromatic rings. The first-order valence-corrected chi connectivity index (χ1v) is 6.34. The van der Waals surface area contributed by atoms with Gasteiger partial charge in [-0.25, -0.2) is 4.39 Å². The lowest BCUT2D eigenvalue weighted by molar-refractivity contribution is 0.112. The fraction of sp³-hybridized carbons (Fsp3) is 0.571. The number of rotatable bonds is 8. The predicted molar refractivity (Wildman–Crippen MR) is 68.5 cm³/mol. The van der Waals surface area contributed by atoms with Crippen molar-refractivity contribution in [3.63, 3.8) is 0 Å². The molecule has 96 valence electrons. The molecule has 0 radical (unpaired) electrons. The summed E-state index contributed by atoms with van der Waals surface area (Å²) in [5.74, 6) is -0.193. The van der Waals surface area contributed by atoms with Crippen LogP contribution in [0.2, 0.25) is 0 Å². The SMILES string of the molecule is CCCNC(COCCC)c1cccc(F)c1. The first kappa shape index (κ1) is 14.1. The molecular formula is C14H22FNO. The van der Waals surface area contributed by atoms with Gasteiger partial charge in [0, 0.05) is 6.61 Å². The summed E-state index contributed by atoms with van der Waals surface area (Å²) in [5.41, 5.74) is 0.953. The molecule has 0 bridgehead atoms. The maximum atomic E-state index is 13.2. The van der Waals surface area contributed by atoms with Crippen molar-refractivity contribution in [3.05, 3.63) is 35.6 Å². The van der Waals surface area contributed by atoms with Gasteiger partial charge in [0.2, 0.25) is 0 Å². The van der Waals surface area contributed by atoms with Crippen LogP contribution < -0.4 is 5.32 Å². The monoisotopic (exact) mass is 239 g/mol.